The van der Waals surface area contributed by atoms with Gasteiger partial charge in [0.05, 0.1) is 0 Å². The van der Waals surface area contributed by atoms with Crippen molar-refractivity contribution in [3.63, 3.8) is 0 Å². The first kappa shape index (κ1) is 16.2. The summed E-state index contributed by atoms with van der Waals surface area (Å²) in [5, 5.41) is 0. The van der Waals surface area contributed by atoms with Crippen molar-refractivity contribution in [1.82, 2.24) is 9.97 Å². The van der Waals surface area contributed by atoms with Crippen molar-refractivity contribution < 1.29 is 4.74 Å². The van der Waals surface area contributed by atoms with Crippen molar-refractivity contribution in [2.45, 2.75) is 65.4 Å². The lowest BCUT2D eigenvalue weighted by atomic mass is 9.78. The van der Waals surface area contributed by atoms with Gasteiger partial charge >= 0.3 is 0 Å². The predicted octanol–water partition coefficient (Wildman–Crippen LogP) is 3.07. The largest absolute Gasteiger partial charge is 0.367 e. The third kappa shape index (κ3) is 3.19. The summed E-state index contributed by atoms with van der Waals surface area (Å²) >= 11 is 0. The molecule has 0 saturated heterocycles. The lowest BCUT2D eigenvalue weighted by Crippen LogP contribution is -2.37. The van der Waals surface area contributed by atoms with E-state index >= 15 is 0 Å². The van der Waals surface area contributed by atoms with Gasteiger partial charge in [0, 0.05) is 17.9 Å². The number of nitrogens with two attached hydrogens (primary N) is 1. The van der Waals surface area contributed by atoms with Gasteiger partial charge in [-0.05, 0) is 45.4 Å². The van der Waals surface area contributed by atoms with E-state index in [1.54, 1.807) is 0 Å². The van der Waals surface area contributed by atoms with Crippen LogP contribution < -0.4 is 11.3 Å². The first-order chi connectivity index (χ1) is 10.1. The van der Waals surface area contributed by atoms with E-state index in [1.165, 1.54) is 6.42 Å². The zero-order chi connectivity index (χ0) is 15.5. The van der Waals surface area contributed by atoms with Gasteiger partial charge in [-0.15, -0.1) is 0 Å². The van der Waals surface area contributed by atoms with E-state index in [-0.39, 0.29) is 5.60 Å². The Bertz CT molecular complexity index is 487. The summed E-state index contributed by atoms with van der Waals surface area (Å²) in [4.78, 5) is 9.47. The molecule has 118 valence electrons. The highest BCUT2D eigenvalue weighted by atomic mass is 16.5. The van der Waals surface area contributed by atoms with Crippen LogP contribution in [0.25, 0.3) is 0 Å². The van der Waals surface area contributed by atoms with Crippen LogP contribution in [0.4, 0.5) is 5.82 Å². The maximum Gasteiger partial charge on any atom is 0.162 e. The van der Waals surface area contributed by atoms with E-state index in [9.17, 15) is 0 Å². The van der Waals surface area contributed by atoms with Crippen LogP contribution in [0.2, 0.25) is 0 Å². The molecule has 1 aromatic rings. The number of anilines is 1. The number of nitrogen functional groups attached to an aromatic ring is 1. The van der Waals surface area contributed by atoms with Gasteiger partial charge in [-0.1, -0.05) is 20.3 Å². The van der Waals surface area contributed by atoms with E-state index in [2.05, 4.69) is 19.3 Å². The van der Waals surface area contributed by atoms with Crippen molar-refractivity contribution >= 4 is 5.82 Å². The highest BCUT2D eigenvalue weighted by Crippen LogP contribution is 2.42. The fraction of sp³-hybridized carbons (Fsp3) is 0.750. The molecule has 1 aliphatic rings. The monoisotopic (exact) mass is 292 g/mol. The SMILES string of the molecule is CCOC1(c2nc(C)c(CC)c(NN)n2)CCCC(C)C1. The van der Waals surface area contributed by atoms with Gasteiger partial charge in [0.15, 0.2) is 5.82 Å². The lowest BCUT2D eigenvalue weighted by molar-refractivity contribution is -0.0881. The average molecular weight is 292 g/mol. The van der Waals surface area contributed by atoms with Crippen molar-refractivity contribution in [2.75, 3.05) is 12.0 Å². The molecule has 5 nitrogen and oxygen atoms in total. The summed E-state index contributed by atoms with van der Waals surface area (Å²) in [6, 6.07) is 0. The van der Waals surface area contributed by atoms with Crippen molar-refractivity contribution in [2.24, 2.45) is 11.8 Å². The van der Waals surface area contributed by atoms with Gasteiger partial charge in [0.2, 0.25) is 0 Å². The van der Waals surface area contributed by atoms with Crippen molar-refractivity contribution in [3.8, 4) is 0 Å². The fourth-order valence-electron chi connectivity index (χ4n) is 3.52. The summed E-state index contributed by atoms with van der Waals surface area (Å²) in [5.74, 6) is 7.81. The molecule has 0 spiro atoms. The number of hydrogen-bond donors (Lipinski definition) is 2. The molecule has 1 fully saturated rings. The van der Waals surface area contributed by atoms with Gasteiger partial charge in [-0.2, -0.15) is 0 Å². The fourth-order valence-corrected chi connectivity index (χ4v) is 3.52. The van der Waals surface area contributed by atoms with Crippen LogP contribution in [-0.4, -0.2) is 16.6 Å². The Hall–Kier alpha value is -1.20. The second-order valence-corrected chi connectivity index (χ2v) is 6.09. The number of aromatic nitrogens is 2. The first-order valence-electron chi connectivity index (χ1n) is 8.04. The molecule has 2 unspecified atom stereocenters. The zero-order valence-electron chi connectivity index (χ0n) is 13.7. The third-order valence-corrected chi connectivity index (χ3v) is 4.49. The van der Waals surface area contributed by atoms with Crippen LogP contribution in [0, 0.1) is 12.8 Å². The average Bonchev–Trinajstić information content (AvgIpc) is 2.46. The molecule has 5 heteroatoms. The van der Waals surface area contributed by atoms with E-state index in [0.717, 1.165) is 48.6 Å². The van der Waals surface area contributed by atoms with Crippen LogP contribution in [0.3, 0.4) is 0 Å². The molecular formula is C16H28N4O. The minimum absolute atomic E-state index is 0.352. The lowest BCUT2D eigenvalue weighted by Gasteiger charge is -2.38. The van der Waals surface area contributed by atoms with Gasteiger partial charge in [0.25, 0.3) is 0 Å². The Balaban J connectivity index is 2.47. The van der Waals surface area contributed by atoms with E-state index in [1.807, 2.05) is 13.8 Å². The Morgan fingerprint density at radius 1 is 1.38 bits per heavy atom. The molecule has 1 aliphatic carbocycles. The van der Waals surface area contributed by atoms with Crippen molar-refractivity contribution in [3.05, 3.63) is 17.1 Å². The number of aryl methyl sites for hydroxylation is 1. The third-order valence-electron chi connectivity index (χ3n) is 4.49. The van der Waals surface area contributed by atoms with Crippen LogP contribution in [-0.2, 0) is 16.8 Å². The number of nitrogens with one attached hydrogen (secondary N) is 1. The van der Waals surface area contributed by atoms with Gasteiger partial charge in [0.1, 0.15) is 11.4 Å². The number of nitrogens with zero attached hydrogens (tertiary/aromatic N) is 2. The van der Waals surface area contributed by atoms with Gasteiger partial charge in [-0.3, -0.25) is 0 Å². The molecule has 0 amide bonds. The van der Waals surface area contributed by atoms with Crippen LogP contribution in [0.15, 0.2) is 0 Å². The number of hydrazine groups is 1. The highest BCUT2D eigenvalue weighted by molar-refractivity contribution is 5.46. The topological polar surface area (TPSA) is 73.1 Å². The van der Waals surface area contributed by atoms with Crippen LogP contribution in [0.1, 0.15) is 63.5 Å². The summed E-state index contributed by atoms with van der Waals surface area (Å²) < 4.78 is 6.16. The Labute approximate surface area is 127 Å². The normalized spacial score (nSPS) is 25.9. The maximum absolute atomic E-state index is 6.16. The predicted molar refractivity (Wildman–Crippen MR) is 84.9 cm³/mol. The smallest absolute Gasteiger partial charge is 0.162 e. The minimum atomic E-state index is -0.352. The molecule has 2 rings (SSSR count). The molecule has 0 aromatic carbocycles. The Kier molecular flexibility index (Phi) is 5.17. The van der Waals surface area contributed by atoms with E-state index in [4.69, 9.17) is 20.5 Å². The van der Waals surface area contributed by atoms with Crippen LogP contribution in [0.5, 0.6) is 0 Å². The molecule has 21 heavy (non-hydrogen) atoms. The summed E-state index contributed by atoms with van der Waals surface area (Å²) in [6.45, 7) is 9.11. The van der Waals surface area contributed by atoms with E-state index < -0.39 is 0 Å². The quantitative estimate of drug-likeness (QED) is 0.644. The Morgan fingerprint density at radius 3 is 2.71 bits per heavy atom. The van der Waals surface area contributed by atoms with E-state index in [0.29, 0.717) is 12.5 Å². The molecule has 0 radical (unpaired) electrons. The standard InChI is InChI=1S/C16H28N4O/c1-5-13-12(4)18-15(19-14(13)20-17)16(21-6-2)9-7-8-11(3)10-16/h11H,5-10,17H2,1-4H3,(H,18,19,20). The number of rotatable bonds is 5. The molecule has 3 N–H and O–H groups in total. The molecule has 0 aliphatic heterocycles. The number of hydrogen-bond acceptors (Lipinski definition) is 5. The summed E-state index contributed by atoms with van der Waals surface area (Å²) in [6.07, 6.45) is 5.24. The summed E-state index contributed by atoms with van der Waals surface area (Å²) in [7, 11) is 0. The minimum Gasteiger partial charge on any atom is -0.367 e. The molecular weight excluding hydrogens is 264 g/mol. The Morgan fingerprint density at radius 2 is 2.14 bits per heavy atom. The maximum atomic E-state index is 6.16. The second-order valence-electron chi connectivity index (χ2n) is 6.09. The second kappa shape index (κ2) is 6.71. The first-order valence-corrected chi connectivity index (χ1v) is 8.04. The van der Waals surface area contributed by atoms with Crippen molar-refractivity contribution in [1.29, 1.82) is 0 Å². The van der Waals surface area contributed by atoms with Crippen LogP contribution >= 0.6 is 0 Å². The molecule has 1 aromatic heterocycles. The number of ether oxygens (including phenoxy) is 1. The zero-order valence-corrected chi connectivity index (χ0v) is 13.7. The van der Waals surface area contributed by atoms with Gasteiger partial charge < -0.3 is 10.2 Å². The molecule has 1 saturated carbocycles. The highest BCUT2D eigenvalue weighted by Gasteiger charge is 2.40. The molecule has 0 bridgehead atoms. The molecule has 1 heterocycles. The summed E-state index contributed by atoms with van der Waals surface area (Å²) in [5.41, 5.74) is 4.45. The van der Waals surface area contributed by atoms with Gasteiger partial charge in [-0.25, -0.2) is 15.8 Å². The molecule has 2 atom stereocenters.